The van der Waals surface area contributed by atoms with E-state index in [1.165, 1.54) is 11.3 Å². The van der Waals surface area contributed by atoms with Crippen molar-refractivity contribution < 1.29 is 8.42 Å². The van der Waals surface area contributed by atoms with Crippen LogP contribution >= 0.6 is 0 Å². The van der Waals surface area contributed by atoms with Crippen molar-refractivity contribution in [2.75, 3.05) is 31.1 Å². The summed E-state index contributed by atoms with van der Waals surface area (Å²) in [5, 5.41) is 0. The van der Waals surface area contributed by atoms with E-state index >= 15 is 0 Å². The van der Waals surface area contributed by atoms with Crippen LogP contribution < -0.4 is 4.90 Å². The van der Waals surface area contributed by atoms with Gasteiger partial charge in [-0.15, -0.1) is 0 Å². The highest BCUT2D eigenvalue weighted by molar-refractivity contribution is 7.89. The molecular weight excluding hydrogens is 320 g/mol. The van der Waals surface area contributed by atoms with Gasteiger partial charge in [-0.05, 0) is 55.7 Å². The van der Waals surface area contributed by atoms with E-state index in [4.69, 9.17) is 0 Å². The quantitative estimate of drug-likeness (QED) is 0.859. The molecular formula is C19H24N2O2S. The second kappa shape index (κ2) is 6.57. The summed E-state index contributed by atoms with van der Waals surface area (Å²) < 4.78 is 27.5. The highest BCUT2D eigenvalue weighted by Crippen LogP contribution is 2.24. The standard InChI is InChI=1S/C19H24N2O2S/c1-15-5-4-6-18(13-15)20-9-11-21(12-10-20)24(22,23)19-14-16(2)7-8-17(19)3/h4-8,13-14H,9-12H2,1-3H3. The van der Waals surface area contributed by atoms with Crippen LogP contribution in [-0.4, -0.2) is 38.9 Å². The third-order valence-corrected chi connectivity index (χ3v) is 6.61. The van der Waals surface area contributed by atoms with Gasteiger partial charge in [-0.2, -0.15) is 4.31 Å². The minimum Gasteiger partial charge on any atom is -0.369 e. The molecule has 24 heavy (non-hydrogen) atoms. The first kappa shape index (κ1) is 17.0. The molecule has 0 spiro atoms. The number of hydrogen-bond donors (Lipinski definition) is 0. The summed E-state index contributed by atoms with van der Waals surface area (Å²) in [5.74, 6) is 0. The van der Waals surface area contributed by atoms with Gasteiger partial charge in [-0.25, -0.2) is 8.42 Å². The van der Waals surface area contributed by atoms with E-state index in [-0.39, 0.29) is 0 Å². The zero-order chi connectivity index (χ0) is 17.3. The van der Waals surface area contributed by atoms with Crippen LogP contribution in [-0.2, 0) is 10.0 Å². The highest BCUT2D eigenvalue weighted by atomic mass is 32.2. The first-order valence-electron chi connectivity index (χ1n) is 8.27. The average molecular weight is 344 g/mol. The predicted octanol–water partition coefficient (Wildman–Crippen LogP) is 3.12. The fraction of sp³-hybridized carbons (Fsp3) is 0.368. The Bertz CT molecular complexity index is 838. The van der Waals surface area contributed by atoms with Gasteiger partial charge in [0.05, 0.1) is 4.90 Å². The average Bonchev–Trinajstić information content (AvgIpc) is 2.57. The van der Waals surface area contributed by atoms with Crippen LogP contribution in [0.25, 0.3) is 0 Å². The van der Waals surface area contributed by atoms with Crippen molar-refractivity contribution in [3.05, 3.63) is 59.2 Å². The highest BCUT2D eigenvalue weighted by Gasteiger charge is 2.29. The maximum Gasteiger partial charge on any atom is 0.243 e. The molecule has 0 amide bonds. The Morgan fingerprint density at radius 2 is 1.50 bits per heavy atom. The SMILES string of the molecule is Cc1cccc(N2CCN(S(=O)(=O)c3cc(C)ccc3C)CC2)c1. The van der Waals surface area contributed by atoms with E-state index in [1.807, 2.05) is 32.0 Å². The fourth-order valence-corrected chi connectivity index (χ4v) is 4.87. The molecule has 1 saturated heterocycles. The largest absolute Gasteiger partial charge is 0.369 e. The molecule has 1 fully saturated rings. The molecule has 0 unspecified atom stereocenters. The van der Waals surface area contributed by atoms with Gasteiger partial charge in [0.15, 0.2) is 0 Å². The molecule has 1 aliphatic heterocycles. The zero-order valence-electron chi connectivity index (χ0n) is 14.5. The maximum atomic E-state index is 13.0. The predicted molar refractivity (Wildman–Crippen MR) is 98.1 cm³/mol. The van der Waals surface area contributed by atoms with Crippen molar-refractivity contribution >= 4 is 15.7 Å². The Hall–Kier alpha value is -1.85. The van der Waals surface area contributed by atoms with Crippen LogP contribution in [0.2, 0.25) is 0 Å². The minimum absolute atomic E-state index is 0.437. The lowest BCUT2D eigenvalue weighted by molar-refractivity contribution is 0.384. The van der Waals surface area contributed by atoms with Crippen molar-refractivity contribution in [1.29, 1.82) is 0 Å². The topological polar surface area (TPSA) is 40.6 Å². The van der Waals surface area contributed by atoms with Crippen LogP contribution in [0.3, 0.4) is 0 Å². The molecule has 3 rings (SSSR count). The van der Waals surface area contributed by atoms with Crippen molar-refractivity contribution in [3.8, 4) is 0 Å². The molecule has 0 bridgehead atoms. The molecule has 0 atom stereocenters. The van der Waals surface area contributed by atoms with Crippen LogP contribution in [0.1, 0.15) is 16.7 Å². The lowest BCUT2D eigenvalue weighted by Crippen LogP contribution is -2.48. The smallest absolute Gasteiger partial charge is 0.243 e. The van der Waals surface area contributed by atoms with Gasteiger partial charge >= 0.3 is 0 Å². The number of anilines is 1. The van der Waals surface area contributed by atoms with Crippen molar-refractivity contribution in [3.63, 3.8) is 0 Å². The summed E-state index contributed by atoms with van der Waals surface area (Å²) in [6.45, 7) is 8.32. The number of rotatable bonds is 3. The minimum atomic E-state index is -3.42. The number of piperazine rings is 1. The molecule has 1 heterocycles. The third kappa shape index (κ3) is 3.32. The van der Waals surface area contributed by atoms with Gasteiger partial charge in [-0.1, -0.05) is 24.3 Å². The van der Waals surface area contributed by atoms with Gasteiger partial charge in [-0.3, -0.25) is 0 Å². The molecule has 5 heteroatoms. The van der Waals surface area contributed by atoms with E-state index in [1.54, 1.807) is 10.4 Å². The summed E-state index contributed by atoms with van der Waals surface area (Å²) in [6.07, 6.45) is 0. The Labute approximate surface area is 144 Å². The van der Waals surface area contributed by atoms with Crippen LogP contribution in [0.15, 0.2) is 47.4 Å². The normalized spacial score (nSPS) is 16.4. The van der Waals surface area contributed by atoms with Gasteiger partial charge in [0, 0.05) is 31.9 Å². The molecule has 0 aromatic heterocycles. The first-order chi connectivity index (χ1) is 11.4. The number of nitrogens with zero attached hydrogens (tertiary/aromatic N) is 2. The van der Waals surface area contributed by atoms with Crippen molar-refractivity contribution in [2.45, 2.75) is 25.7 Å². The maximum absolute atomic E-state index is 13.0. The third-order valence-electron chi connectivity index (χ3n) is 4.57. The lowest BCUT2D eigenvalue weighted by Gasteiger charge is -2.35. The van der Waals surface area contributed by atoms with Crippen molar-refractivity contribution in [1.82, 2.24) is 4.31 Å². The lowest BCUT2D eigenvalue weighted by atomic mass is 10.2. The molecule has 4 nitrogen and oxygen atoms in total. The Kier molecular flexibility index (Phi) is 4.65. The van der Waals surface area contributed by atoms with E-state index in [2.05, 4.69) is 30.0 Å². The van der Waals surface area contributed by atoms with Crippen LogP contribution in [0.4, 0.5) is 5.69 Å². The van der Waals surface area contributed by atoms with Gasteiger partial charge in [0.1, 0.15) is 0 Å². The molecule has 0 aliphatic carbocycles. The molecule has 2 aromatic rings. The molecule has 0 N–H and O–H groups in total. The Morgan fingerprint density at radius 3 is 2.17 bits per heavy atom. The van der Waals surface area contributed by atoms with Gasteiger partial charge < -0.3 is 4.90 Å². The monoisotopic (exact) mass is 344 g/mol. The van der Waals surface area contributed by atoms with Crippen LogP contribution in [0.5, 0.6) is 0 Å². The Morgan fingerprint density at radius 1 is 0.833 bits per heavy atom. The molecule has 2 aromatic carbocycles. The first-order valence-corrected chi connectivity index (χ1v) is 9.71. The van der Waals surface area contributed by atoms with Gasteiger partial charge in [0.2, 0.25) is 10.0 Å². The fourth-order valence-electron chi connectivity index (χ4n) is 3.14. The van der Waals surface area contributed by atoms with Crippen molar-refractivity contribution in [2.24, 2.45) is 0 Å². The second-order valence-corrected chi connectivity index (χ2v) is 8.41. The Balaban J connectivity index is 1.77. The van der Waals surface area contributed by atoms with E-state index in [9.17, 15) is 8.42 Å². The summed E-state index contributed by atoms with van der Waals surface area (Å²) in [6, 6.07) is 14.0. The van der Waals surface area contributed by atoms with Crippen LogP contribution in [0, 0.1) is 20.8 Å². The van der Waals surface area contributed by atoms with E-state index in [0.29, 0.717) is 31.1 Å². The molecule has 0 saturated carbocycles. The summed E-state index contributed by atoms with van der Waals surface area (Å²) >= 11 is 0. The summed E-state index contributed by atoms with van der Waals surface area (Å²) in [4.78, 5) is 2.69. The number of sulfonamides is 1. The zero-order valence-corrected chi connectivity index (χ0v) is 15.3. The van der Waals surface area contributed by atoms with E-state index < -0.39 is 10.0 Å². The summed E-state index contributed by atoms with van der Waals surface area (Å²) in [7, 11) is -3.42. The van der Waals surface area contributed by atoms with Gasteiger partial charge in [0.25, 0.3) is 0 Å². The number of benzene rings is 2. The van der Waals surface area contributed by atoms with E-state index in [0.717, 1.165) is 11.1 Å². The molecule has 0 radical (unpaired) electrons. The number of hydrogen-bond acceptors (Lipinski definition) is 3. The number of aryl methyl sites for hydroxylation is 3. The second-order valence-electron chi connectivity index (χ2n) is 6.50. The molecule has 1 aliphatic rings. The summed E-state index contributed by atoms with van der Waals surface area (Å²) in [5.41, 5.74) is 4.16. The molecule has 128 valence electrons.